The number of sulfone groups is 1. The van der Waals surface area contributed by atoms with Crippen LogP contribution < -0.4 is 9.64 Å². The molecule has 0 saturated carbocycles. The van der Waals surface area contributed by atoms with Crippen LogP contribution in [-0.2, 0) is 14.6 Å². The van der Waals surface area contributed by atoms with Gasteiger partial charge in [0.1, 0.15) is 5.75 Å². The topological polar surface area (TPSA) is 70.2 Å². The summed E-state index contributed by atoms with van der Waals surface area (Å²) in [7, 11) is -3.01. The van der Waals surface area contributed by atoms with Crippen molar-refractivity contribution >= 4 is 21.4 Å². The Balaban J connectivity index is 1.61. The molecule has 8 heteroatoms. The predicted octanol–water partition coefficient (Wildman–Crippen LogP) is 1.63. The molecule has 2 fully saturated rings. The van der Waals surface area contributed by atoms with Gasteiger partial charge in [-0.15, -0.1) is 0 Å². The minimum absolute atomic E-state index is 0.0396. The molecule has 0 unspecified atom stereocenters. The molecule has 0 bridgehead atoms. The highest BCUT2D eigenvalue weighted by Gasteiger charge is 2.37. The molecule has 0 spiro atoms. The molecule has 1 aromatic carbocycles. The minimum Gasteiger partial charge on any atom is -0.492 e. The lowest BCUT2D eigenvalue weighted by Gasteiger charge is -2.40. The summed E-state index contributed by atoms with van der Waals surface area (Å²) in [6.45, 7) is 10.3. The summed E-state index contributed by atoms with van der Waals surface area (Å²) in [4.78, 5) is 19.4. The zero-order valence-corrected chi connectivity index (χ0v) is 18.5. The van der Waals surface area contributed by atoms with Gasteiger partial charge in [0, 0.05) is 38.8 Å². The van der Waals surface area contributed by atoms with E-state index in [2.05, 4.69) is 15.9 Å². The van der Waals surface area contributed by atoms with E-state index in [1.807, 2.05) is 39.0 Å². The summed E-state index contributed by atoms with van der Waals surface area (Å²) in [5.74, 6) is 1.22. The quantitative estimate of drug-likeness (QED) is 0.664. The van der Waals surface area contributed by atoms with Crippen molar-refractivity contribution in [3.8, 4) is 5.75 Å². The standard InChI is InChI=1S/C21H33N3O4S/c1-4-24(18-10-15-29(26,27)16-18)21(25)17(3)22-11-13-23(14-12-22)19-8-6-7-9-20(19)28-5-2/h6-9,17-18H,4-5,10-16H2,1-3H3/t17-,18+/m1/s1. The van der Waals surface area contributed by atoms with Crippen molar-refractivity contribution < 1.29 is 17.9 Å². The number of amides is 1. The Bertz CT molecular complexity index is 806. The highest BCUT2D eigenvalue weighted by atomic mass is 32.2. The molecule has 0 aliphatic carbocycles. The lowest BCUT2D eigenvalue weighted by molar-refractivity contribution is -0.138. The minimum atomic E-state index is -3.01. The SMILES string of the molecule is CCOc1ccccc1N1CCN([C@H](C)C(=O)N(CC)[C@H]2CCS(=O)(=O)C2)CC1. The summed E-state index contributed by atoms with van der Waals surface area (Å²) in [6.07, 6.45) is 0.552. The summed E-state index contributed by atoms with van der Waals surface area (Å²) in [6, 6.07) is 7.64. The van der Waals surface area contributed by atoms with Crippen molar-refractivity contribution in [3.05, 3.63) is 24.3 Å². The van der Waals surface area contributed by atoms with Gasteiger partial charge < -0.3 is 14.5 Å². The molecular weight excluding hydrogens is 390 g/mol. The van der Waals surface area contributed by atoms with Crippen molar-refractivity contribution in [1.29, 1.82) is 0 Å². The Morgan fingerprint density at radius 2 is 1.90 bits per heavy atom. The molecule has 7 nitrogen and oxygen atoms in total. The zero-order valence-electron chi connectivity index (χ0n) is 17.7. The lowest BCUT2D eigenvalue weighted by atomic mass is 10.1. The second kappa shape index (κ2) is 9.34. The number of rotatable bonds is 7. The number of likely N-dealkylation sites (N-methyl/N-ethyl adjacent to an activating group) is 1. The molecule has 162 valence electrons. The Labute approximate surface area is 174 Å². The number of ether oxygens (including phenoxy) is 1. The molecule has 0 radical (unpaired) electrons. The first-order chi connectivity index (χ1) is 13.9. The highest BCUT2D eigenvalue weighted by Crippen LogP contribution is 2.29. The maximum Gasteiger partial charge on any atom is 0.239 e. The molecular formula is C21H33N3O4S. The van der Waals surface area contributed by atoms with Crippen LogP contribution in [0.4, 0.5) is 5.69 Å². The average Bonchev–Trinajstić information content (AvgIpc) is 3.08. The van der Waals surface area contributed by atoms with Crippen LogP contribution in [0.5, 0.6) is 5.75 Å². The molecule has 0 N–H and O–H groups in total. The maximum atomic E-state index is 13.1. The number of benzene rings is 1. The van der Waals surface area contributed by atoms with E-state index in [0.29, 0.717) is 19.6 Å². The van der Waals surface area contributed by atoms with Gasteiger partial charge in [-0.25, -0.2) is 8.42 Å². The first kappa shape index (κ1) is 21.9. The molecule has 2 heterocycles. The number of piperazine rings is 1. The molecule has 1 aromatic rings. The van der Waals surface area contributed by atoms with Gasteiger partial charge in [0.25, 0.3) is 0 Å². The van der Waals surface area contributed by atoms with Crippen LogP contribution in [0.15, 0.2) is 24.3 Å². The Hall–Kier alpha value is -1.80. The molecule has 2 aliphatic rings. The van der Waals surface area contributed by atoms with Gasteiger partial charge in [-0.2, -0.15) is 0 Å². The van der Waals surface area contributed by atoms with E-state index in [0.717, 1.165) is 37.6 Å². The van der Waals surface area contributed by atoms with Gasteiger partial charge in [0.2, 0.25) is 5.91 Å². The average molecular weight is 424 g/mol. The number of para-hydroxylation sites is 2. The molecule has 29 heavy (non-hydrogen) atoms. The molecule has 3 rings (SSSR count). The van der Waals surface area contributed by atoms with E-state index >= 15 is 0 Å². The van der Waals surface area contributed by atoms with Crippen molar-refractivity contribution in [2.24, 2.45) is 0 Å². The number of hydrogen-bond donors (Lipinski definition) is 0. The first-order valence-corrected chi connectivity index (χ1v) is 12.4. The van der Waals surface area contributed by atoms with Gasteiger partial charge in [-0.05, 0) is 39.3 Å². The van der Waals surface area contributed by atoms with Crippen LogP contribution in [-0.4, -0.2) is 87.0 Å². The first-order valence-electron chi connectivity index (χ1n) is 10.6. The third-order valence-electron chi connectivity index (χ3n) is 6.00. The molecule has 0 aromatic heterocycles. The fraction of sp³-hybridized carbons (Fsp3) is 0.667. The summed E-state index contributed by atoms with van der Waals surface area (Å²) in [5, 5.41) is 0. The van der Waals surface area contributed by atoms with Crippen LogP contribution in [0.2, 0.25) is 0 Å². The molecule has 2 saturated heterocycles. The monoisotopic (exact) mass is 423 g/mol. The third kappa shape index (κ3) is 5.04. The summed E-state index contributed by atoms with van der Waals surface area (Å²) in [5.41, 5.74) is 1.10. The van der Waals surface area contributed by atoms with Gasteiger partial charge >= 0.3 is 0 Å². The van der Waals surface area contributed by atoms with Crippen molar-refractivity contribution in [1.82, 2.24) is 9.80 Å². The Morgan fingerprint density at radius 1 is 1.21 bits per heavy atom. The lowest BCUT2D eigenvalue weighted by Crippen LogP contribution is -2.56. The fourth-order valence-electron chi connectivity index (χ4n) is 4.36. The second-order valence-electron chi connectivity index (χ2n) is 7.78. The van der Waals surface area contributed by atoms with Crippen LogP contribution >= 0.6 is 0 Å². The molecule has 2 atom stereocenters. The Kier molecular flexibility index (Phi) is 7.05. The predicted molar refractivity (Wildman–Crippen MR) is 115 cm³/mol. The van der Waals surface area contributed by atoms with E-state index < -0.39 is 9.84 Å². The van der Waals surface area contributed by atoms with Gasteiger partial charge in [-0.1, -0.05) is 12.1 Å². The zero-order chi connectivity index (χ0) is 21.0. The number of hydrogen-bond acceptors (Lipinski definition) is 6. The maximum absolute atomic E-state index is 13.1. The van der Waals surface area contributed by atoms with Gasteiger partial charge in [0.15, 0.2) is 9.84 Å². The number of nitrogens with zero attached hydrogens (tertiary/aromatic N) is 3. The molecule has 2 aliphatic heterocycles. The fourth-order valence-corrected chi connectivity index (χ4v) is 6.09. The van der Waals surface area contributed by atoms with Crippen molar-refractivity contribution in [2.75, 3.05) is 55.7 Å². The number of carbonyl (C=O) groups excluding carboxylic acids is 1. The van der Waals surface area contributed by atoms with E-state index in [4.69, 9.17) is 4.74 Å². The van der Waals surface area contributed by atoms with Crippen molar-refractivity contribution in [2.45, 2.75) is 39.3 Å². The van der Waals surface area contributed by atoms with Gasteiger partial charge in [0.05, 0.1) is 29.8 Å². The van der Waals surface area contributed by atoms with Crippen LogP contribution in [0.25, 0.3) is 0 Å². The van der Waals surface area contributed by atoms with E-state index in [1.54, 1.807) is 4.90 Å². The highest BCUT2D eigenvalue weighted by molar-refractivity contribution is 7.91. The summed E-state index contributed by atoms with van der Waals surface area (Å²) < 4.78 is 29.4. The van der Waals surface area contributed by atoms with E-state index in [-0.39, 0.29) is 29.5 Å². The van der Waals surface area contributed by atoms with Crippen LogP contribution in [0, 0.1) is 0 Å². The summed E-state index contributed by atoms with van der Waals surface area (Å²) >= 11 is 0. The van der Waals surface area contributed by atoms with Gasteiger partial charge in [-0.3, -0.25) is 9.69 Å². The number of anilines is 1. The molecule has 1 amide bonds. The smallest absolute Gasteiger partial charge is 0.239 e. The Morgan fingerprint density at radius 3 is 2.48 bits per heavy atom. The van der Waals surface area contributed by atoms with E-state index in [1.165, 1.54) is 0 Å². The van der Waals surface area contributed by atoms with Crippen LogP contribution in [0.1, 0.15) is 27.2 Å². The largest absolute Gasteiger partial charge is 0.492 e. The van der Waals surface area contributed by atoms with Crippen LogP contribution in [0.3, 0.4) is 0 Å². The van der Waals surface area contributed by atoms with Crippen molar-refractivity contribution in [3.63, 3.8) is 0 Å². The number of carbonyl (C=O) groups is 1. The third-order valence-corrected chi connectivity index (χ3v) is 7.75. The second-order valence-corrected chi connectivity index (χ2v) is 10.0. The normalized spacial score (nSPS) is 23.0. The van der Waals surface area contributed by atoms with E-state index in [9.17, 15) is 13.2 Å².